The van der Waals surface area contributed by atoms with Gasteiger partial charge in [0.25, 0.3) is 10.1 Å². The van der Waals surface area contributed by atoms with Crippen molar-refractivity contribution in [3.63, 3.8) is 0 Å². The first-order valence-electron chi connectivity index (χ1n) is 7.99. The molecule has 24 heavy (non-hydrogen) atoms. The molecule has 1 N–H and O–H groups in total. The van der Waals surface area contributed by atoms with Crippen molar-refractivity contribution in [2.75, 3.05) is 19.7 Å². The predicted molar refractivity (Wildman–Crippen MR) is 92.3 cm³/mol. The minimum absolute atomic E-state index is 0.115. The van der Waals surface area contributed by atoms with Crippen LogP contribution in [0.2, 0.25) is 0 Å². The minimum atomic E-state index is -3.70. The second kappa shape index (κ2) is 9.15. The van der Waals surface area contributed by atoms with Crippen molar-refractivity contribution in [2.45, 2.75) is 51.0 Å². The summed E-state index contributed by atoms with van der Waals surface area (Å²) >= 11 is 0. The Morgan fingerprint density at radius 1 is 1.12 bits per heavy atom. The molecule has 0 fully saturated rings. The van der Waals surface area contributed by atoms with E-state index >= 15 is 0 Å². The van der Waals surface area contributed by atoms with Gasteiger partial charge in [-0.05, 0) is 59.2 Å². The number of rotatable bonds is 9. The number of hydrogen-bond donors (Lipinski definition) is 1. The molecule has 0 aliphatic carbocycles. The van der Waals surface area contributed by atoms with Gasteiger partial charge in [0, 0.05) is 0 Å². The van der Waals surface area contributed by atoms with E-state index in [1.54, 1.807) is 12.1 Å². The van der Waals surface area contributed by atoms with E-state index in [0.29, 0.717) is 19.4 Å². The van der Waals surface area contributed by atoms with E-state index in [-0.39, 0.29) is 24.0 Å². The Morgan fingerprint density at radius 3 is 2.33 bits per heavy atom. The van der Waals surface area contributed by atoms with Crippen LogP contribution in [0.15, 0.2) is 29.2 Å². The Bertz CT molecular complexity index is 617. The zero-order valence-electron chi connectivity index (χ0n) is 14.8. The van der Waals surface area contributed by atoms with Gasteiger partial charge in [0.15, 0.2) is 0 Å². The fourth-order valence-corrected chi connectivity index (χ4v) is 2.80. The highest BCUT2D eigenvalue weighted by atomic mass is 32.2. The molecule has 1 aromatic rings. The van der Waals surface area contributed by atoms with Gasteiger partial charge in [-0.2, -0.15) is 8.42 Å². The predicted octanol–water partition coefficient (Wildman–Crippen LogP) is 2.41. The number of benzene rings is 1. The van der Waals surface area contributed by atoms with E-state index < -0.39 is 15.7 Å². The topological polar surface area (TPSA) is 81.7 Å². The molecule has 0 saturated carbocycles. The summed E-state index contributed by atoms with van der Waals surface area (Å²) in [5.74, 6) is -0.305. The van der Waals surface area contributed by atoms with Gasteiger partial charge < -0.3 is 10.1 Å². The highest BCUT2D eigenvalue weighted by Gasteiger charge is 2.16. The molecule has 0 spiro atoms. The summed E-state index contributed by atoms with van der Waals surface area (Å²) in [6, 6.07) is 6.54. The lowest BCUT2D eigenvalue weighted by Crippen LogP contribution is -2.32. The van der Waals surface area contributed by atoms with E-state index in [9.17, 15) is 13.2 Å². The molecule has 7 heteroatoms. The smallest absolute Gasteiger partial charge is 0.320 e. The maximum Gasteiger partial charge on any atom is 0.320 e. The van der Waals surface area contributed by atoms with Crippen LogP contribution in [0.5, 0.6) is 0 Å². The van der Waals surface area contributed by atoms with E-state index in [1.165, 1.54) is 12.1 Å². The van der Waals surface area contributed by atoms with Crippen LogP contribution < -0.4 is 5.32 Å². The quantitative estimate of drug-likeness (QED) is 0.415. The normalized spacial score (nSPS) is 12.2. The van der Waals surface area contributed by atoms with Crippen LogP contribution >= 0.6 is 0 Å². The van der Waals surface area contributed by atoms with Gasteiger partial charge in [-0.3, -0.25) is 8.98 Å². The standard InChI is InChI=1S/C17H27NO5S/c1-14-7-9-15(10-8-14)24(20,21)22-12-6-5-11-18-13-16(19)23-17(2,3)4/h7-10,18H,5-6,11-13H2,1-4H3. The van der Waals surface area contributed by atoms with Crippen molar-refractivity contribution in [3.8, 4) is 0 Å². The molecule has 0 amide bonds. The molecule has 0 unspecified atom stereocenters. The summed E-state index contributed by atoms with van der Waals surface area (Å²) in [6.45, 7) is 8.18. The van der Waals surface area contributed by atoms with Gasteiger partial charge in [0.2, 0.25) is 0 Å². The van der Waals surface area contributed by atoms with Gasteiger partial charge in [-0.1, -0.05) is 17.7 Å². The SMILES string of the molecule is Cc1ccc(S(=O)(=O)OCCCCNCC(=O)OC(C)(C)C)cc1. The maximum atomic E-state index is 12.0. The molecule has 136 valence electrons. The van der Waals surface area contributed by atoms with Crippen molar-refractivity contribution in [1.82, 2.24) is 5.32 Å². The van der Waals surface area contributed by atoms with Crippen molar-refractivity contribution in [2.24, 2.45) is 0 Å². The average molecular weight is 357 g/mol. The first-order chi connectivity index (χ1) is 11.1. The largest absolute Gasteiger partial charge is 0.459 e. The van der Waals surface area contributed by atoms with Crippen LogP contribution in [0.25, 0.3) is 0 Å². The van der Waals surface area contributed by atoms with E-state index in [1.807, 2.05) is 27.7 Å². The Balaban J connectivity index is 2.18. The minimum Gasteiger partial charge on any atom is -0.459 e. The lowest BCUT2D eigenvalue weighted by Gasteiger charge is -2.19. The Labute approximate surface area is 144 Å². The third-order valence-electron chi connectivity index (χ3n) is 2.99. The zero-order chi connectivity index (χ0) is 18.2. The number of ether oxygens (including phenoxy) is 1. The zero-order valence-corrected chi connectivity index (χ0v) is 15.6. The fourth-order valence-electron chi connectivity index (χ4n) is 1.86. The maximum absolute atomic E-state index is 12.0. The average Bonchev–Trinajstić information content (AvgIpc) is 2.44. The van der Waals surface area contributed by atoms with Gasteiger partial charge in [0.05, 0.1) is 18.0 Å². The summed E-state index contributed by atoms with van der Waals surface area (Å²) < 4.78 is 34.1. The Morgan fingerprint density at radius 2 is 1.75 bits per heavy atom. The molecule has 0 bridgehead atoms. The van der Waals surface area contributed by atoms with E-state index in [2.05, 4.69) is 5.32 Å². The number of esters is 1. The van der Waals surface area contributed by atoms with Crippen molar-refractivity contribution in [1.29, 1.82) is 0 Å². The second-order valence-corrected chi connectivity index (χ2v) is 8.17. The molecule has 0 atom stereocenters. The van der Waals surface area contributed by atoms with E-state index in [4.69, 9.17) is 8.92 Å². The number of aryl methyl sites for hydroxylation is 1. The summed E-state index contributed by atoms with van der Waals surface area (Å²) in [7, 11) is -3.70. The number of nitrogens with one attached hydrogen (secondary N) is 1. The molecular weight excluding hydrogens is 330 g/mol. The third-order valence-corrected chi connectivity index (χ3v) is 4.31. The number of carbonyl (C=O) groups excluding carboxylic acids is 1. The Hall–Kier alpha value is -1.44. The first-order valence-corrected chi connectivity index (χ1v) is 9.40. The number of hydrogen-bond acceptors (Lipinski definition) is 6. The van der Waals surface area contributed by atoms with Gasteiger partial charge in [-0.25, -0.2) is 0 Å². The van der Waals surface area contributed by atoms with Gasteiger partial charge >= 0.3 is 5.97 Å². The fraction of sp³-hybridized carbons (Fsp3) is 0.588. The molecule has 1 rings (SSSR count). The van der Waals surface area contributed by atoms with Gasteiger partial charge in [0.1, 0.15) is 5.60 Å². The van der Waals surface area contributed by atoms with E-state index in [0.717, 1.165) is 5.56 Å². The molecule has 1 aromatic carbocycles. The molecule has 0 radical (unpaired) electrons. The molecular formula is C17H27NO5S. The Kier molecular flexibility index (Phi) is 7.86. The van der Waals surface area contributed by atoms with Crippen LogP contribution in [-0.2, 0) is 23.8 Å². The molecule has 0 saturated heterocycles. The molecule has 0 aromatic heterocycles. The van der Waals surface area contributed by atoms with Gasteiger partial charge in [-0.15, -0.1) is 0 Å². The highest BCUT2D eigenvalue weighted by Crippen LogP contribution is 2.13. The van der Waals surface area contributed by atoms with Crippen LogP contribution in [-0.4, -0.2) is 39.7 Å². The van der Waals surface area contributed by atoms with Crippen molar-refractivity contribution in [3.05, 3.63) is 29.8 Å². The van der Waals surface area contributed by atoms with Crippen LogP contribution in [0.4, 0.5) is 0 Å². The first kappa shape index (κ1) is 20.6. The van der Waals surface area contributed by atoms with Crippen molar-refractivity contribution < 1.29 is 22.1 Å². The molecule has 0 heterocycles. The lowest BCUT2D eigenvalue weighted by atomic mass is 10.2. The summed E-state index contributed by atoms with van der Waals surface area (Å²) in [5, 5.41) is 2.96. The summed E-state index contributed by atoms with van der Waals surface area (Å²) in [4.78, 5) is 11.6. The second-order valence-electron chi connectivity index (χ2n) is 6.56. The molecule has 0 aliphatic heterocycles. The monoisotopic (exact) mass is 357 g/mol. The number of carbonyl (C=O) groups is 1. The van der Waals surface area contributed by atoms with Crippen molar-refractivity contribution >= 4 is 16.1 Å². The summed E-state index contributed by atoms with van der Waals surface area (Å²) in [6.07, 6.45) is 1.28. The van der Waals surface area contributed by atoms with Crippen LogP contribution in [0.1, 0.15) is 39.2 Å². The molecule has 6 nitrogen and oxygen atoms in total. The molecule has 0 aliphatic rings. The van der Waals surface area contributed by atoms with Crippen LogP contribution in [0, 0.1) is 6.92 Å². The number of unbranched alkanes of at least 4 members (excludes halogenated alkanes) is 1. The summed E-state index contributed by atoms with van der Waals surface area (Å²) in [5.41, 5.74) is 0.502. The lowest BCUT2D eigenvalue weighted by molar-refractivity contribution is -0.153. The van der Waals surface area contributed by atoms with Crippen LogP contribution in [0.3, 0.4) is 0 Å². The highest BCUT2D eigenvalue weighted by molar-refractivity contribution is 7.86. The third kappa shape index (κ3) is 8.42.